The summed E-state index contributed by atoms with van der Waals surface area (Å²) >= 11 is 5.90. The van der Waals surface area contributed by atoms with E-state index in [0.717, 1.165) is 37.6 Å². The molecule has 1 saturated heterocycles. The van der Waals surface area contributed by atoms with Gasteiger partial charge in [0, 0.05) is 32.1 Å². The lowest BCUT2D eigenvalue weighted by molar-refractivity contribution is -0.139. The number of hydrogen-bond donors (Lipinski definition) is 0. The molecule has 1 aromatic carbocycles. The van der Waals surface area contributed by atoms with Gasteiger partial charge in [-0.1, -0.05) is 12.1 Å². The minimum atomic E-state index is -0.492. The van der Waals surface area contributed by atoms with Gasteiger partial charge in [-0.05, 0) is 26.0 Å². The first kappa shape index (κ1) is 16.0. The highest BCUT2D eigenvalue weighted by Crippen LogP contribution is 2.29. The number of carbonyl (C=O) groups is 1. The van der Waals surface area contributed by atoms with Crippen LogP contribution in [0.3, 0.4) is 0 Å². The van der Waals surface area contributed by atoms with E-state index in [1.165, 1.54) is 0 Å². The van der Waals surface area contributed by atoms with E-state index >= 15 is 0 Å². The maximum Gasteiger partial charge on any atom is 0.229 e. The highest BCUT2D eigenvalue weighted by Gasteiger charge is 2.33. The van der Waals surface area contributed by atoms with Crippen LogP contribution in [0.5, 0.6) is 5.75 Å². The molecule has 1 heterocycles. The molecule has 5 heteroatoms. The van der Waals surface area contributed by atoms with E-state index < -0.39 is 5.41 Å². The van der Waals surface area contributed by atoms with Gasteiger partial charge >= 0.3 is 0 Å². The van der Waals surface area contributed by atoms with Crippen molar-refractivity contribution in [2.24, 2.45) is 5.41 Å². The summed E-state index contributed by atoms with van der Waals surface area (Å²) in [6.07, 6.45) is 0. The summed E-state index contributed by atoms with van der Waals surface area (Å²) < 4.78 is 5.40. The zero-order chi connectivity index (χ0) is 15.5. The van der Waals surface area contributed by atoms with Gasteiger partial charge in [-0.25, -0.2) is 0 Å². The molecule has 1 fully saturated rings. The van der Waals surface area contributed by atoms with Crippen molar-refractivity contribution >= 4 is 23.2 Å². The number of piperazine rings is 1. The fourth-order valence-electron chi connectivity index (χ4n) is 2.53. The van der Waals surface area contributed by atoms with Crippen LogP contribution < -0.4 is 9.64 Å². The maximum absolute atomic E-state index is 12.4. The van der Waals surface area contributed by atoms with Crippen LogP contribution in [0, 0.1) is 5.41 Å². The molecule has 1 aromatic rings. The van der Waals surface area contributed by atoms with Gasteiger partial charge in [0.1, 0.15) is 5.75 Å². The number of rotatable bonds is 4. The van der Waals surface area contributed by atoms with Crippen LogP contribution in [-0.4, -0.2) is 50.0 Å². The van der Waals surface area contributed by atoms with Gasteiger partial charge in [0.2, 0.25) is 5.91 Å². The molecule has 0 spiro atoms. The third-order valence-corrected chi connectivity index (χ3v) is 4.57. The second-order valence-electron chi connectivity index (χ2n) is 5.97. The lowest BCUT2D eigenvalue weighted by Gasteiger charge is -2.39. The molecule has 0 aliphatic carbocycles. The summed E-state index contributed by atoms with van der Waals surface area (Å²) in [6.45, 7) is 6.85. The van der Waals surface area contributed by atoms with E-state index in [-0.39, 0.29) is 5.91 Å². The number of amides is 1. The molecule has 21 heavy (non-hydrogen) atoms. The average molecular weight is 311 g/mol. The van der Waals surface area contributed by atoms with Crippen molar-refractivity contribution in [3.05, 3.63) is 24.3 Å². The van der Waals surface area contributed by atoms with E-state index in [4.69, 9.17) is 16.3 Å². The predicted molar refractivity (Wildman–Crippen MR) is 86.3 cm³/mol. The Kier molecular flexibility index (Phi) is 4.99. The SMILES string of the molecule is COc1ccccc1N1CCN(C(=O)C(C)(C)CCl)CC1. The summed E-state index contributed by atoms with van der Waals surface area (Å²) in [7, 11) is 1.68. The van der Waals surface area contributed by atoms with Crippen LogP contribution >= 0.6 is 11.6 Å². The van der Waals surface area contributed by atoms with Gasteiger partial charge in [-0.3, -0.25) is 4.79 Å². The summed E-state index contributed by atoms with van der Waals surface area (Å²) in [5.74, 6) is 1.36. The van der Waals surface area contributed by atoms with Crippen molar-refractivity contribution in [3.63, 3.8) is 0 Å². The van der Waals surface area contributed by atoms with Crippen LogP contribution in [0.15, 0.2) is 24.3 Å². The van der Waals surface area contributed by atoms with Crippen molar-refractivity contribution in [1.82, 2.24) is 4.90 Å². The van der Waals surface area contributed by atoms with Crippen molar-refractivity contribution in [1.29, 1.82) is 0 Å². The summed E-state index contributed by atoms with van der Waals surface area (Å²) in [4.78, 5) is 16.6. The molecule has 0 saturated carbocycles. The highest BCUT2D eigenvalue weighted by molar-refractivity contribution is 6.19. The topological polar surface area (TPSA) is 32.8 Å². The number of anilines is 1. The molecule has 2 rings (SSSR count). The molecule has 1 aliphatic rings. The van der Waals surface area contributed by atoms with Crippen molar-refractivity contribution in [3.8, 4) is 5.75 Å². The Morgan fingerprint density at radius 1 is 1.24 bits per heavy atom. The molecule has 0 aromatic heterocycles. The summed E-state index contributed by atoms with van der Waals surface area (Å²) in [6, 6.07) is 7.99. The third-order valence-electron chi connectivity index (χ3n) is 3.91. The Morgan fingerprint density at radius 3 is 2.43 bits per heavy atom. The van der Waals surface area contributed by atoms with Crippen molar-refractivity contribution < 1.29 is 9.53 Å². The zero-order valence-corrected chi connectivity index (χ0v) is 13.7. The number of halogens is 1. The minimum absolute atomic E-state index is 0.136. The number of ether oxygens (including phenoxy) is 1. The molecule has 0 bridgehead atoms. The molecule has 1 aliphatic heterocycles. The minimum Gasteiger partial charge on any atom is -0.495 e. The van der Waals surface area contributed by atoms with Crippen molar-refractivity contribution in [2.75, 3.05) is 44.1 Å². The van der Waals surface area contributed by atoms with E-state index in [2.05, 4.69) is 11.0 Å². The lowest BCUT2D eigenvalue weighted by Crippen LogP contribution is -2.52. The summed E-state index contributed by atoms with van der Waals surface area (Å²) in [5, 5.41) is 0. The Morgan fingerprint density at radius 2 is 1.86 bits per heavy atom. The van der Waals surface area contributed by atoms with Crippen LogP contribution in [0.4, 0.5) is 5.69 Å². The van der Waals surface area contributed by atoms with Crippen LogP contribution in [-0.2, 0) is 4.79 Å². The molecule has 4 nitrogen and oxygen atoms in total. The second kappa shape index (κ2) is 6.56. The first-order valence-corrected chi connectivity index (χ1v) is 7.76. The Labute approximate surface area is 131 Å². The number of nitrogens with zero attached hydrogens (tertiary/aromatic N) is 2. The van der Waals surface area contributed by atoms with Gasteiger partial charge in [0.05, 0.1) is 18.2 Å². The lowest BCUT2D eigenvalue weighted by atomic mass is 9.94. The monoisotopic (exact) mass is 310 g/mol. The molecule has 0 N–H and O–H groups in total. The quantitative estimate of drug-likeness (QED) is 0.801. The van der Waals surface area contributed by atoms with Crippen LogP contribution in [0.1, 0.15) is 13.8 Å². The van der Waals surface area contributed by atoms with Gasteiger partial charge in [0.15, 0.2) is 0 Å². The van der Waals surface area contributed by atoms with Gasteiger partial charge in [-0.15, -0.1) is 11.6 Å². The zero-order valence-electron chi connectivity index (χ0n) is 12.9. The first-order chi connectivity index (χ1) is 9.99. The third kappa shape index (κ3) is 3.43. The fraction of sp³-hybridized carbons (Fsp3) is 0.562. The number of benzene rings is 1. The van der Waals surface area contributed by atoms with Crippen LogP contribution in [0.2, 0.25) is 0 Å². The highest BCUT2D eigenvalue weighted by atomic mass is 35.5. The summed E-state index contributed by atoms with van der Waals surface area (Å²) in [5.41, 5.74) is 0.595. The molecular weight excluding hydrogens is 288 g/mol. The number of hydrogen-bond acceptors (Lipinski definition) is 3. The Bertz CT molecular complexity index is 497. The molecular formula is C16H23ClN2O2. The second-order valence-corrected chi connectivity index (χ2v) is 6.24. The number of methoxy groups -OCH3 is 1. The molecule has 0 unspecified atom stereocenters. The van der Waals surface area contributed by atoms with Crippen LogP contribution in [0.25, 0.3) is 0 Å². The normalized spacial score (nSPS) is 16.0. The standard InChI is InChI=1S/C16H23ClN2O2/c1-16(2,12-17)15(20)19-10-8-18(9-11-19)13-6-4-5-7-14(13)21-3/h4-7H,8-12H2,1-3H3. The first-order valence-electron chi connectivity index (χ1n) is 7.23. The molecule has 1 amide bonds. The van der Waals surface area contributed by atoms with Gasteiger partial charge in [0.25, 0.3) is 0 Å². The number of alkyl halides is 1. The van der Waals surface area contributed by atoms with Gasteiger partial charge in [-0.2, -0.15) is 0 Å². The van der Waals surface area contributed by atoms with E-state index in [1.807, 2.05) is 36.9 Å². The Balaban J connectivity index is 2.02. The van der Waals surface area contributed by atoms with E-state index in [1.54, 1.807) is 7.11 Å². The average Bonchev–Trinajstić information content (AvgIpc) is 2.54. The smallest absolute Gasteiger partial charge is 0.229 e. The largest absolute Gasteiger partial charge is 0.495 e. The Hall–Kier alpha value is -1.42. The number of para-hydroxylation sites is 2. The molecule has 0 atom stereocenters. The number of carbonyl (C=O) groups excluding carboxylic acids is 1. The molecule has 0 radical (unpaired) electrons. The van der Waals surface area contributed by atoms with E-state index in [9.17, 15) is 4.79 Å². The predicted octanol–water partition coefficient (Wildman–Crippen LogP) is 2.61. The van der Waals surface area contributed by atoms with E-state index in [0.29, 0.717) is 5.88 Å². The molecule has 116 valence electrons. The van der Waals surface area contributed by atoms with Crippen molar-refractivity contribution in [2.45, 2.75) is 13.8 Å². The maximum atomic E-state index is 12.4. The fourth-order valence-corrected chi connectivity index (χ4v) is 2.64. The van der Waals surface area contributed by atoms with Gasteiger partial charge < -0.3 is 14.5 Å².